The molecule has 0 saturated heterocycles. The molecule has 1 amide bonds. The molecule has 1 rings (SSSR count). The minimum Gasteiger partial charge on any atom is -0.269 e. The third-order valence-electron chi connectivity index (χ3n) is 1.31. The van der Waals surface area contributed by atoms with Gasteiger partial charge in [0.05, 0.1) is 11.4 Å². The van der Waals surface area contributed by atoms with E-state index in [2.05, 4.69) is 9.98 Å². The van der Waals surface area contributed by atoms with E-state index in [1.807, 2.05) is 0 Å². The fourth-order valence-electron chi connectivity index (χ4n) is 0.618. The Kier molecular flexibility index (Phi) is 1.85. The molecule has 0 aromatic heterocycles. The van der Waals surface area contributed by atoms with Gasteiger partial charge in [-0.3, -0.25) is 9.79 Å². The second-order valence-electron chi connectivity index (χ2n) is 2.09. The van der Waals surface area contributed by atoms with Crippen molar-refractivity contribution in [3.05, 3.63) is 0 Å². The van der Waals surface area contributed by atoms with Crippen molar-refractivity contribution < 1.29 is 4.79 Å². The maximum absolute atomic E-state index is 10.7. The van der Waals surface area contributed by atoms with E-state index in [1.165, 1.54) is 0 Å². The fourth-order valence-corrected chi connectivity index (χ4v) is 0.813. The number of amides is 1. The molecule has 0 aromatic rings. The molecule has 0 spiro atoms. The summed E-state index contributed by atoms with van der Waals surface area (Å²) in [4.78, 5) is 18.2. The van der Waals surface area contributed by atoms with Crippen molar-refractivity contribution in [1.82, 2.24) is 0 Å². The molecule has 10 heavy (non-hydrogen) atoms. The Morgan fingerprint density at radius 3 is 2.50 bits per heavy atom. The van der Waals surface area contributed by atoms with Gasteiger partial charge in [0.25, 0.3) is 5.91 Å². The lowest BCUT2D eigenvalue weighted by Gasteiger charge is -2.08. The first-order valence-corrected chi connectivity index (χ1v) is 3.33. The molecule has 0 N–H and O–H groups in total. The summed E-state index contributed by atoms with van der Waals surface area (Å²) in [6.45, 7) is 3.51. The Morgan fingerprint density at radius 2 is 2.00 bits per heavy atom. The first-order valence-electron chi connectivity index (χ1n) is 2.89. The van der Waals surface area contributed by atoms with Crippen molar-refractivity contribution in [3.63, 3.8) is 0 Å². The Balaban J connectivity index is 2.94. The van der Waals surface area contributed by atoms with Crippen LogP contribution in [0.5, 0.6) is 0 Å². The van der Waals surface area contributed by atoms with Crippen LogP contribution >= 0.6 is 11.6 Å². The topological polar surface area (TPSA) is 41.8 Å². The highest BCUT2D eigenvalue weighted by Gasteiger charge is 2.18. The number of carbonyl (C=O) groups is 1. The van der Waals surface area contributed by atoms with Gasteiger partial charge in [-0.2, -0.15) is 0 Å². The number of hydrogen-bond donors (Lipinski definition) is 0. The van der Waals surface area contributed by atoms with E-state index in [1.54, 1.807) is 13.8 Å². The molecule has 1 aliphatic heterocycles. The monoisotopic (exact) mass is 158 g/mol. The lowest BCUT2D eigenvalue weighted by molar-refractivity contribution is -0.117. The lowest BCUT2D eigenvalue weighted by Crippen LogP contribution is -2.22. The van der Waals surface area contributed by atoms with E-state index in [4.69, 9.17) is 11.6 Å². The molecule has 0 bridgehead atoms. The summed E-state index contributed by atoms with van der Waals surface area (Å²) in [5, 5.41) is 0. The molecule has 0 radical (unpaired) electrons. The molecular formula is C6H7ClN2O. The maximum atomic E-state index is 10.7. The first-order chi connectivity index (χ1) is 4.61. The van der Waals surface area contributed by atoms with Gasteiger partial charge in [-0.25, -0.2) is 4.99 Å². The molecule has 0 saturated carbocycles. The number of alkyl halides is 1. The van der Waals surface area contributed by atoms with Crippen LogP contribution in [-0.4, -0.2) is 22.8 Å². The normalized spacial score (nSPS) is 25.9. The van der Waals surface area contributed by atoms with Crippen LogP contribution in [0.2, 0.25) is 0 Å². The van der Waals surface area contributed by atoms with Crippen molar-refractivity contribution in [2.75, 3.05) is 0 Å². The first kappa shape index (κ1) is 7.41. The van der Waals surface area contributed by atoms with Gasteiger partial charge in [-0.05, 0) is 13.8 Å². The molecule has 54 valence electrons. The number of carbonyl (C=O) groups excluding carboxylic acids is 1. The lowest BCUT2D eigenvalue weighted by atomic mass is 10.2. The molecule has 1 atom stereocenters. The summed E-state index contributed by atoms with van der Waals surface area (Å²) in [5.74, 6) is -0.371. The van der Waals surface area contributed by atoms with E-state index >= 15 is 0 Å². The zero-order valence-corrected chi connectivity index (χ0v) is 6.51. The van der Waals surface area contributed by atoms with E-state index in [0.717, 1.165) is 5.71 Å². The summed E-state index contributed by atoms with van der Waals surface area (Å²) in [5.41, 5.74) is 0.588. The zero-order valence-electron chi connectivity index (χ0n) is 5.76. The van der Waals surface area contributed by atoms with Gasteiger partial charge < -0.3 is 0 Å². The van der Waals surface area contributed by atoms with Gasteiger partial charge in [-0.15, -0.1) is 0 Å². The van der Waals surface area contributed by atoms with Crippen LogP contribution in [0.4, 0.5) is 0 Å². The predicted molar refractivity (Wildman–Crippen MR) is 40.9 cm³/mol. The second-order valence-corrected chi connectivity index (χ2v) is 2.50. The quantitative estimate of drug-likeness (QED) is 0.383. The summed E-state index contributed by atoms with van der Waals surface area (Å²) < 4.78 is 0. The number of nitrogens with zero attached hydrogens (tertiary/aromatic N) is 2. The van der Waals surface area contributed by atoms with E-state index in [9.17, 15) is 4.79 Å². The summed E-state index contributed by atoms with van der Waals surface area (Å²) in [6, 6.07) is 0. The summed E-state index contributed by atoms with van der Waals surface area (Å²) in [7, 11) is 0. The average Bonchev–Trinajstić information content (AvgIpc) is 1.84. The number of aliphatic imine (C=N–C) groups is 2. The molecule has 4 heteroatoms. The SMILES string of the molecule is CC1=NC(=O)C(Cl)N=C1C. The van der Waals surface area contributed by atoms with Gasteiger partial charge in [0.1, 0.15) is 0 Å². The van der Waals surface area contributed by atoms with Crippen LogP contribution in [0.25, 0.3) is 0 Å². The van der Waals surface area contributed by atoms with Crippen molar-refractivity contribution in [2.24, 2.45) is 9.98 Å². The van der Waals surface area contributed by atoms with Crippen LogP contribution in [0, 0.1) is 0 Å². The van der Waals surface area contributed by atoms with Crippen LogP contribution in [0.15, 0.2) is 9.98 Å². The molecule has 0 fully saturated rings. The molecule has 1 aliphatic rings. The van der Waals surface area contributed by atoms with Gasteiger partial charge in [-0.1, -0.05) is 11.6 Å². The van der Waals surface area contributed by atoms with Crippen LogP contribution in [0.1, 0.15) is 13.8 Å². The van der Waals surface area contributed by atoms with Crippen LogP contribution < -0.4 is 0 Å². The summed E-state index contributed by atoms with van der Waals surface area (Å²) in [6.07, 6.45) is 0. The molecule has 1 heterocycles. The average molecular weight is 159 g/mol. The highest BCUT2D eigenvalue weighted by atomic mass is 35.5. The van der Waals surface area contributed by atoms with Crippen molar-refractivity contribution in [1.29, 1.82) is 0 Å². The maximum Gasteiger partial charge on any atom is 0.286 e. The van der Waals surface area contributed by atoms with Gasteiger partial charge in [0.2, 0.25) is 5.50 Å². The molecule has 0 aliphatic carbocycles. The van der Waals surface area contributed by atoms with Crippen LogP contribution in [0.3, 0.4) is 0 Å². The standard InChI is InChI=1S/C6H7ClN2O/c1-3-4(2)9-6(10)5(7)8-3/h5H,1-2H3. The van der Waals surface area contributed by atoms with E-state index < -0.39 is 5.50 Å². The van der Waals surface area contributed by atoms with Gasteiger partial charge in [0.15, 0.2) is 0 Å². The number of halogens is 1. The summed E-state index contributed by atoms with van der Waals surface area (Å²) >= 11 is 5.48. The molecular weight excluding hydrogens is 152 g/mol. The van der Waals surface area contributed by atoms with Crippen molar-refractivity contribution >= 4 is 28.9 Å². The highest BCUT2D eigenvalue weighted by Crippen LogP contribution is 2.07. The fraction of sp³-hybridized carbons (Fsp3) is 0.500. The Hall–Kier alpha value is -0.700. The smallest absolute Gasteiger partial charge is 0.269 e. The van der Waals surface area contributed by atoms with E-state index in [0.29, 0.717) is 5.71 Å². The minimum absolute atomic E-state index is 0.371. The third-order valence-corrected chi connectivity index (χ3v) is 1.60. The van der Waals surface area contributed by atoms with E-state index in [-0.39, 0.29) is 5.91 Å². The second kappa shape index (κ2) is 2.50. The highest BCUT2D eigenvalue weighted by molar-refractivity contribution is 6.46. The number of rotatable bonds is 0. The largest absolute Gasteiger partial charge is 0.286 e. The Bertz CT molecular complexity index is 232. The van der Waals surface area contributed by atoms with Crippen LogP contribution in [-0.2, 0) is 4.79 Å². The van der Waals surface area contributed by atoms with Gasteiger partial charge >= 0.3 is 0 Å². The molecule has 0 aromatic carbocycles. The Morgan fingerprint density at radius 1 is 1.40 bits per heavy atom. The molecule has 1 unspecified atom stereocenters. The van der Waals surface area contributed by atoms with Crippen molar-refractivity contribution in [2.45, 2.75) is 19.3 Å². The zero-order chi connectivity index (χ0) is 7.72. The Labute approximate surface area is 63.8 Å². The molecule has 3 nitrogen and oxygen atoms in total. The minimum atomic E-state index is -0.802. The predicted octanol–water partition coefficient (Wildman–Crippen LogP) is 1.01. The van der Waals surface area contributed by atoms with Crippen molar-refractivity contribution in [3.8, 4) is 0 Å². The number of hydrogen-bond acceptors (Lipinski definition) is 2. The van der Waals surface area contributed by atoms with Gasteiger partial charge in [0, 0.05) is 0 Å². The third kappa shape index (κ3) is 1.24.